The molecule has 1 aromatic carbocycles. The lowest BCUT2D eigenvalue weighted by molar-refractivity contribution is 0.391. The Morgan fingerprint density at radius 2 is 1.95 bits per heavy atom. The van der Waals surface area contributed by atoms with Crippen molar-refractivity contribution in [1.29, 1.82) is 5.26 Å². The standard InChI is InChI=1S/C16H18N2.C3H7F/c1-6-13-7-8-14(9-12(13)4)16(11(2)3)15(10-17)18-5;1-3(2)4/h6-9,18H,1-2H2,3-5H3;3H,1-2H3/b16-15+;. The number of nitriles is 1. The quantitative estimate of drug-likeness (QED) is 0.625. The second-order valence-electron chi connectivity index (χ2n) is 5.18. The molecule has 1 rings (SSSR count). The minimum atomic E-state index is -0.667. The van der Waals surface area contributed by atoms with Crippen LogP contribution >= 0.6 is 0 Å². The fourth-order valence-electron chi connectivity index (χ4n) is 1.90. The number of alkyl halides is 1. The van der Waals surface area contributed by atoms with Gasteiger partial charge in [0.1, 0.15) is 11.8 Å². The molecule has 1 N–H and O–H groups in total. The lowest BCUT2D eigenvalue weighted by Gasteiger charge is -2.12. The van der Waals surface area contributed by atoms with E-state index < -0.39 is 6.17 Å². The molecule has 0 aliphatic carbocycles. The number of nitrogens with one attached hydrogen (secondary N) is 1. The largest absolute Gasteiger partial charge is 0.379 e. The first-order valence-corrected chi connectivity index (χ1v) is 7.14. The number of nitrogens with zero attached hydrogens (tertiary/aromatic N) is 1. The number of hydrogen-bond donors (Lipinski definition) is 1. The first-order chi connectivity index (χ1) is 10.3. The predicted molar refractivity (Wildman–Crippen MR) is 93.9 cm³/mol. The van der Waals surface area contributed by atoms with Gasteiger partial charge in [0.25, 0.3) is 0 Å². The molecule has 0 spiro atoms. The van der Waals surface area contributed by atoms with Crippen LogP contribution in [0.5, 0.6) is 0 Å². The molecule has 1 aromatic rings. The Bertz CT molecular complexity index is 602. The first-order valence-electron chi connectivity index (χ1n) is 7.14. The van der Waals surface area contributed by atoms with E-state index in [4.69, 9.17) is 5.26 Å². The fraction of sp³-hybridized carbons (Fsp3) is 0.316. The maximum atomic E-state index is 11.0. The van der Waals surface area contributed by atoms with Crippen LogP contribution in [0, 0.1) is 18.3 Å². The molecule has 0 aromatic heterocycles. The van der Waals surface area contributed by atoms with E-state index in [9.17, 15) is 4.39 Å². The Kier molecular flexibility index (Phi) is 8.55. The van der Waals surface area contributed by atoms with Gasteiger partial charge in [-0.05, 0) is 50.0 Å². The Morgan fingerprint density at radius 1 is 1.41 bits per heavy atom. The van der Waals surface area contributed by atoms with Gasteiger partial charge >= 0.3 is 0 Å². The van der Waals surface area contributed by atoms with Gasteiger partial charge in [-0.25, -0.2) is 4.39 Å². The van der Waals surface area contributed by atoms with E-state index in [1.165, 1.54) is 13.8 Å². The van der Waals surface area contributed by atoms with Crippen LogP contribution in [0.3, 0.4) is 0 Å². The van der Waals surface area contributed by atoms with E-state index in [-0.39, 0.29) is 0 Å². The van der Waals surface area contributed by atoms with Crippen LogP contribution in [-0.4, -0.2) is 13.2 Å². The molecule has 2 nitrogen and oxygen atoms in total. The highest BCUT2D eigenvalue weighted by Gasteiger charge is 2.10. The zero-order valence-corrected chi connectivity index (χ0v) is 14.1. The van der Waals surface area contributed by atoms with Gasteiger partial charge in [-0.2, -0.15) is 5.26 Å². The number of halogens is 1. The maximum Gasteiger partial charge on any atom is 0.121 e. The average Bonchev–Trinajstić information content (AvgIpc) is 2.43. The van der Waals surface area contributed by atoms with Crippen molar-refractivity contribution in [2.75, 3.05) is 7.05 Å². The minimum Gasteiger partial charge on any atom is -0.379 e. The normalized spacial score (nSPS) is 10.8. The smallest absolute Gasteiger partial charge is 0.121 e. The fourth-order valence-corrected chi connectivity index (χ4v) is 1.90. The van der Waals surface area contributed by atoms with Crippen LogP contribution in [0.1, 0.15) is 37.5 Å². The van der Waals surface area contributed by atoms with Gasteiger partial charge in [-0.3, -0.25) is 0 Å². The Balaban J connectivity index is 0.000000980. The van der Waals surface area contributed by atoms with Crippen molar-refractivity contribution in [3.63, 3.8) is 0 Å². The van der Waals surface area contributed by atoms with E-state index in [1.54, 1.807) is 7.05 Å². The molecule has 0 bridgehead atoms. The van der Waals surface area contributed by atoms with Crippen LogP contribution in [0.25, 0.3) is 11.6 Å². The van der Waals surface area contributed by atoms with Crippen molar-refractivity contribution < 1.29 is 4.39 Å². The molecular formula is C19H25FN2. The average molecular weight is 300 g/mol. The molecule has 0 saturated heterocycles. The third-order valence-electron chi connectivity index (χ3n) is 2.82. The molecule has 3 heteroatoms. The minimum absolute atomic E-state index is 0.535. The topological polar surface area (TPSA) is 35.8 Å². The third-order valence-corrected chi connectivity index (χ3v) is 2.82. The van der Waals surface area contributed by atoms with Crippen LogP contribution in [0.2, 0.25) is 0 Å². The molecule has 0 aliphatic rings. The molecule has 0 atom stereocenters. The van der Waals surface area contributed by atoms with Gasteiger partial charge in [-0.15, -0.1) is 0 Å². The summed E-state index contributed by atoms with van der Waals surface area (Å²) in [6, 6.07) is 8.21. The van der Waals surface area contributed by atoms with Crippen molar-refractivity contribution >= 4 is 11.6 Å². The van der Waals surface area contributed by atoms with Crippen LogP contribution in [0.4, 0.5) is 4.39 Å². The summed E-state index contributed by atoms with van der Waals surface area (Å²) in [6.07, 6.45) is 1.16. The van der Waals surface area contributed by atoms with Crippen LogP contribution in [-0.2, 0) is 0 Å². The number of hydrogen-bond acceptors (Lipinski definition) is 2. The highest BCUT2D eigenvalue weighted by molar-refractivity contribution is 5.82. The lowest BCUT2D eigenvalue weighted by Crippen LogP contribution is -2.07. The lowest BCUT2D eigenvalue weighted by atomic mass is 9.94. The monoisotopic (exact) mass is 300 g/mol. The summed E-state index contributed by atoms with van der Waals surface area (Å²) >= 11 is 0. The van der Waals surface area contributed by atoms with Crippen molar-refractivity contribution in [3.8, 4) is 6.07 Å². The van der Waals surface area contributed by atoms with Gasteiger partial charge in [-0.1, -0.05) is 37.4 Å². The van der Waals surface area contributed by atoms with Crippen molar-refractivity contribution in [1.82, 2.24) is 5.32 Å². The second kappa shape index (κ2) is 9.57. The molecule has 0 unspecified atom stereocenters. The predicted octanol–water partition coefficient (Wildman–Crippen LogP) is 5.03. The molecule has 22 heavy (non-hydrogen) atoms. The molecule has 0 aliphatic heterocycles. The van der Waals surface area contributed by atoms with E-state index >= 15 is 0 Å². The number of aryl methyl sites for hydroxylation is 1. The van der Waals surface area contributed by atoms with E-state index in [0.29, 0.717) is 5.70 Å². The SMILES string of the molecule is C=Cc1ccc(/C(C(=C)C)=C(\C#N)NC)cc1C.CC(C)F. The summed E-state index contributed by atoms with van der Waals surface area (Å²) in [5.74, 6) is 0. The van der Waals surface area contributed by atoms with Crippen molar-refractivity contribution in [2.45, 2.75) is 33.9 Å². The van der Waals surface area contributed by atoms with Gasteiger partial charge in [0.2, 0.25) is 0 Å². The Hall–Kier alpha value is -2.34. The summed E-state index contributed by atoms with van der Waals surface area (Å²) in [5, 5.41) is 12.1. The molecular weight excluding hydrogens is 275 g/mol. The molecule has 0 saturated carbocycles. The van der Waals surface area contributed by atoms with Gasteiger partial charge in [0.05, 0.1) is 6.17 Å². The zero-order valence-electron chi connectivity index (χ0n) is 14.1. The first kappa shape index (κ1) is 19.7. The molecule has 0 fully saturated rings. The summed E-state index contributed by atoms with van der Waals surface area (Å²) in [4.78, 5) is 0. The summed E-state index contributed by atoms with van der Waals surface area (Å²) in [7, 11) is 1.74. The zero-order chi connectivity index (χ0) is 17.3. The second-order valence-corrected chi connectivity index (χ2v) is 5.18. The Labute approximate surface area is 133 Å². The molecule has 0 heterocycles. The van der Waals surface area contributed by atoms with Crippen LogP contribution < -0.4 is 5.32 Å². The third kappa shape index (κ3) is 5.97. The van der Waals surface area contributed by atoms with Crippen LogP contribution in [0.15, 0.2) is 42.6 Å². The molecule has 0 amide bonds. The van der Waals surface area contributed by atoms with Crippen molar-refractivity contribution in [2.24, 2.45) is 0 Å². The number of rotatable bonds is 4. The number of benzene rings is 1. The molecule has 0 radical (unpaired) electrons. The Morgan fingerprint density at radius 3 is 2.27 bits per heavy atom. The highest BCUT2D eigenvalue weighted by Crippen LogP contribution is 2.26. The highest BCUT2D eigenvalue weighted by atomic mass is 19.1. The molecule has 118 valence electrons. The van der Waals surface area contributed by atoms with Crippen molar-refractivity contribution in [3.05, 3.63) is 59.3 Å². The summed E-state index contributed by atoms with van der Waals surface area (Å²) < 4.78 is 11.0. The van der Waals surface area contributed by atoms with E-state index in [2.05, 4.69) is 30.6 Å². The van der Waals surface area contributed by atoms with E-state index in [0.717, 1.165) is 27.8 Å². The maximum absolute atomic E-state index is 11.0. The summed E-state index contributed by atoms with van der Waals surface area (Å²) in [5.41, 5.74) is 5.49. The van der Waals surface area contributed by atoms with Gasteiger partial charge in [0.15, 0.2) is 0 Å². The number of allylic oxidation sites excluding steroid dienone is 3. The summed E-state index contributed by atoms with van der Waals surface area (Å²) in [6.45, 7) is 14.7. The van der Waals surface area contributed by atoms with Gasteiger partial charge in [0, 0.05) is 12.6 Å². The van der Waals surface area contributed by atoms with Gasteiger partial charge < -0.3 is 5.32 Å². The van der Waals surface area contributed by atoms with E-state index in [1.807, 2.05) is 32.1 Å².